The summed E-state index contributed by atoms with van der Waals surface area (Å²) in [7, 11) is 0. The first-order valence-corrected chi connectivity index (χ1v) is 7.79. The standard InChI is InChI=1S/C15H25NS/c1-10(2)9-11(3)15(16)13-5-4-6-14-12(13)7-8-17-14/h7-8,10-11,13,15H,4-6,9,16H2,1-3H3. The molecule has 0 amide bonds. The molecule has 1 aliphatic rings. The number of hydrogen-bond acceptors (Lipinski definition) is 2. The quantitative estimate of drug-likeness (QED) is 0.853. The van der Waals surface area contributed by atoms with Crippen LogP contribution in [0.25, 0.3) is 0 Å². The molecule has 3 atom stereocenters. The highest BCUT2D eigenvalue weighted by Crippen LogP contribution is 2.38. The lowest BCUT2D eigenvalue weighted by molar-refractivity contribution is 0.317. The number of hydrogen-bond donors (Lipinski definition) is 1. The molecule has 2 heteroatoms. The lowest BCUT2D eigenvalue weighted by Gasteiger charge is -2.32. The van der Waals surface area contributed by atoms with E-state index in [0.29, 0.717) is 17.9 Å². The molecule has 1 aliphatic carbocycles. The molecule has 0 aromatic carbocycles. The molecule has 0 saturated heterocycles. The van der Waals surface area contributed by atoms with Gasteiger partial charge in [0, 0.05) is 16.8 Å². The van der Waals surface area contributed by atoms with Crippen LogP contribution in [0.3, 0.4) is 0 Å². The molecule has 1 aromatic rings. The van der Waals surface area contributed by atoms with Crippen molar-refractivity contribution in [2.75, 3.05) is 0 Å². The maximum absolute atomic E-state index is 6.52. The van der Waals surface area contributed by atoms with E-state index in [1.165, 1.54) is 25.7 Å². The summed E-state index contributed by atoms with van der Waals surface area (Å²) < 4.78 is 0. The molecule has 2 N–H and O–H groups in total. The van der Waals surface area contributed by atoms with E-state index < -0.39 is 0 Å². The summed E-state index contributed by atoms with van der Waals surface area (Å²) in [5.41, 5.74) is 8.08. The molecule has 0 aliphatic heterocycles. The highest BCUT2D eigenvalue weighted by molar-refractivity contribution is 7.10. The topological polar surface area (TPSA) is 26.0 Å². The minimum absolute atomic E-state index is 0.339. The molecule has 1 nitrogen and oxygen atoms in total. The Morgan fingerprint density at radius 2 is 2.18 bits per heavy atom. The molecular weight excluding hydrogens is 226 g/mol. The van der Waals surface area contributed by atoms with E-state index in [9.17, 15) is 0 Å². The smallest absolute Gasteiger partial charge is 0.0134 e. The molecule has 0 spiro atoms. The number of rotatable bonds is 4. The predicted molar refractivity (Wildman–Crippen MR) is 76.6 cm³/mol. The van der Waals surface area contributed by atoms with Crippen LogP contribution < -0.4 is 5.73 Å². The van der Waals surface area contributed by atoms with Crippen LogP contribution in [-0.4, -0.2) is 6.04 Å². The van der Waals surface area contributed by atoms with Gasteiger partial charge in [-0.05, 0) is 54.5 Å². The van der Waals surface area contributed by atoms with Gasteiger partial charge in [0.1, 0.15) is 0 Å². The first-order valence-electron chi connectivity index (χ1n) is 6.91. The van der Waals surface area contributed by atoms with Gasteiger partial charge in [0.25, 0.3) is 0 Å². The van der Waals surface area contributed by atoms with E-state index in [1.807, 2.05) is 11.3 Å². The van der Waals surface area contributed by atoms with Crippen LogP contribution in [0.15, 0.2) is 11.4 Å². The molecule has 1 heterocycles. The van der Waals surface area contributed by atoms with E-state index in [4.69, 9.17) is 5.73 Å². The Labute approximate surface area is 109 Å². The van der Waals surface area contributed by atoms with Crippen molar-refractivity contribution in [3.05, 3.63) is 21.9 Å². The fraction of sp³-hybridized carbons (Fsp3) is 0.733. The van der Waals surface area contributed by atoms with Crippen molar-refractivity contribution >= 4 is 11.3 Å². The van der Waals surface area contributed by atoms with Gasteiger partial charge >= 0.3 is 0 Å². The Morgan fingerprint density at radius 1 is 1.41 bits per heavy atom. The maximum Gasteiger partial charge on any atom is 0.0134 e. The van der Waals surface area contributed by atoms with Crippen molar-refractivity contribution in [2.45, 2.75) is 58.4 Å². The van der Waals surface area contributed by atoms with Gasteiger partial charge in [0.15, 0.2) is 0 Å². The predicted octanol–water partition coefficient (Wildman–Crippen LogP) is 4.18. The number of thiophene rings is 1. The Balaban J connectivity index is 2.08. The van der Waals surface area contributed by atoms with Crippen LogP contribution in [0, 0.1) is 11.8 Å². The number of fused-ring (bicyclic) bond motifs is 1. The van der Waals surface area contributed by atoms with Crippen LogP contribution in [0.1, 0.15) is 56.4 Å². The second-order valence-corrected chi connectivity index (χ2v) is 6.98. The fourth-order valence-electron chi connectivity index (χ4n) is 3.22. The Morgan fingerprint density at radius 3 is 2.88 bits per heavy atom. The van der Waals surface area contributed by atoms with Crippen molar-refractivity contribution in [1.29, 1.82) is 0 Å². The first kappa shape index (κ1) is 13.1. The van der Waals surface area contributed by atoms with Crippen LogP contribution >= 0.6 is 11.3 Å². The van der Waals surface area contributed by atoms with E-state index in [0.717, 1.165) is 5.92 Å². The van der Waals surface area contributed by atoms with Crippen LogP contribution in [0.4, 0.5) is 0 Å². The third-order valence-electron chi connectivity index (χ3n) is 4.06. The molecular formula is C15H25NS. The molecule has 0 saturated carbocycles. The minimum atomic E-state index is 0.339. The second kappa shape index (κ2) is 5.53. The summed E-state index contributed by atoms with van der Waals surface area (Å²) >= 11 is 1.92. The molecule has 3 unspecified atom stereocenters. The molecule has 1 aromatic heterocycles. The highest BCUT2D eigenvalue weighted by atomic mass is 32.1. The van der Waals surface area contributed by atoms with Crippen molar-refractivity contribution in [3.63, 3.8) is 0 Å². The van der Waals surface area contributed by atoms with E-state index in [2.05, 4.69) is 32.2 Å². The van der Waals surface area contributed by atoms with Gasteiger partial charge in [-0.2, -0.15) is 0 Å². The highest BCUT2D eigenvalue weighted by Gasteiger charge is 2.29. The first-order chi connectivity index (χ1) is 8.09. The van der Waals surface area contributed by atoms with Gasteiger partial charge in [0.05, 0.1) is 0 Å². The Kier molecular flexibility index (Phi) is 4.26. The summed E-state index contributed by atoms with van der Waals surface area (Å²) in [6.45, 7) is 6.91. The maximum atomic E-state index is 6.52. The molecule has 96 valence electrons. The van der Waals surface area contributed by atoms with Gasteiger partial charge in [-0.3, -0.25) is 0 Å². The van der Waals surface area contributed by atoms with Crippen molar-refractivity contribution in [2.24, 2.45) is 17.6 Å². The van der Waals surface area contributed by atoms with Gasteiger partial charge in [0.2, 0.25) is 0 Å². The summed E-state index contributed by atoms with van der Waals surface area (Å²) in [6.07, 6.45) is 5.12. The van der Waals surface area contributed by atoms with Crippen molar-refractivity contribution in [3.8, 4) is 0 Å². The average Bonchev–Trinajstić information content (AvgIpc) is 2.74. The van der Waals surface area contributed by atoms with Gasteiger partial charge in [-0.1, -0.05) is 20.8 Å². The van der Waals surface area contributed by atoms with Gasteiger partial charge in [-0.25, -0.2) is 0 Å². The molecule has 2 rings (SSSR count). The van der Waals surface area contributed by atoms with Crippen LogP contribution in [0.2, 0.25) is 0 Å². The minimum Gasteiger partial charge on any atom is -0.327 e. The fourth-order valence-corrected chi connectivity index (χ4v) is 4.22. The number of aryl methyl sites for hydroxylation is 1. The molecule has 0 fully saturated rings. The summed E-state index contributed by atoms with van der Waals surface area (Å²) in [5, 5.41) is 2.24. The SMILES string of the molecule is CC(C)CC(C)C(N)C1CCCc2sccc21. The van der Waals surface area contributed by atoms with E-state index in [1.54, 1.807) is 10.4 Å². The molecule has 0 bridgehead atoms. The van der Waals surface area contributed by atoms with Crippen LogP contribution in [-0.2, 0) is 6.42 Å². The zero-order chi connectivity index (χ0) is 12.4. The summed E-state index contributed by atoms with van der Waals surface area (Å²) in [5.74, 6) is 1.99. The lowest BCUT2D eigenvalue weighted by atomic mass is 9.76. The largest absolute Gasteiger partial charge is 0.327 e. The second-order valence-electron chi connectivity index (χ2n) is 5.98. The summed E-state index contributed by atoms with van der Waals surface area (Å²) in [6, 6.07) is 2.65. The normalized spacial score (nSPS) is 23.5. The lowest BCUT2D eigenvalue weighted by Crippen LogP contribution is -2.36. The van der Waals surface area contributed by atoms with Crippen LogP contribution in [0.5, 0.6) is 0 Å². The third kappa shape index (κ3) is 2.92. The van der Waals surface area contributed by atoms with Gasteiger partial charge in [-0.15, -0.1) is 11.3 Å². The Hall–Kier alpha value is -0.340. The third-order valence-corrected chi connectivity index (χ3v) is 5.06. The molecule has 0 radical (unpaired) electrons. The number of nitrogens with two attached hydrogens (primary N) is 1. The monoisotopic (exact) mass is 251 g/mol. The Bertz CT molecular complexity index is 356. The summed E-state index contributed by atoms with van der Waals surface area (Å²) in [4.78, 5) is 1.59. The van der Waals surface area contributed by atoms with Crippen molar-refractivity contribution < 1.29 is 0 Å². The van der Waals surface area contributed by atoms with Gasteiger partial charge < -0.3 is 5.73 Å². The zero-order valence-corrected chi connectivity index (χ0v) is 12.1. The van der Waals surface area contributed by atoms with E-state index in [-0.39, 0.29) is 0 Å². The average molecular weight is 251 g/mol. The molecule has 17 heavy (non-hydrogen) atoms. The van der Waals surface area contributed by atoms with E-state index >= 15 is 0 Å². The zero-order valence-electron chi connectivity index (χ0n) is 11.3. The van der Waals surface area contributed by atoms with Crippen molar-refractivity contribution in [1.82, 2.24) is 0 Å².